The molecule has 3 heterocycles. The number of nitrogens with zero attached hydrogens (tertiary/aromatic N) is 2. The van der Waals surface area contributed by atoms with Crippen LogP contribution in [0.2, 0.25) is 0 Å². The lowest BCUT2D eigenvalue weighted by Crippen LogP contribution is -2.78. The first-order chi connectivity index (χ1) is 25.9. The fourth-order valence-electron chi connectivity index (χ4n) is 10.2. The van der Waals surface area contributed by atoms with Crippen molar-refractivity contribution in [2.45, 2.75) is 0 Å². The summed E-state index contributed by atoms with van der Waals surface area (Å²) in [6, 6.07) is 71.0. The maximum Gasteiger partial charge on any atom is 0.252 e. The molecule has 4 heteroatoms. The fraction of sp³-hybridized carbons (Fsp3) is 0. The number of hydrogen-bond acceptors (Lipinski definition) is 2. The monoisotopic (exact) mass is 674 g/mol. The van der Waals surface area contributed by atoms with Crippen molar-refractivity contribution in [3.8, 4) is 0 Å². The third-order valence-corrected chi connectivity index (χ3v) is 16.9. The van der Waals surface area contributed by atoms with Gasteiger partial charge in [0, 0.05) is 39.7 Å². The Labute approximate surface area is 304 Å². The van der Waals surface area contributed by atoms with E-state index in [0.29, 0.717) is 0 Å². The number of anilines is 5. The van der Waals surface area contributed by atoms with E-state index < -0.39 is 8.07 Å². The molecular formula is C48H31BN2Si. The highest BCUT2D eigenvalue weighted by Crippen LogP contribution is 2.53. The van der Waals surface area contributed by atoms with Gasteiger partial charge >= 0.3 is 0 Å². The molecule has 0 spiro atoms. The molecule has 8 aromatic rings. The van der Waals surface area contributed by atoms with Gasteiger partial charge in [0.2, 0.25) is 0 Å². The number of hydrogen-bond donors (Lipinski definition) is 0. The first-order valence-electron chi connectivity index (χ1n) is 18.2. The summed E-state index contributed by atoms with van der Waals surface area (Å²) >= 11 is 0. The summed E-state index contributed by atoms with van der Waals surface area (Å²) in [5.41, 5.74) is 14.5. The highest BCUT2D eigenvalue weighted by atomic mass is 28.3. The van der Waals surface area contributed by atoms with Crippen LogP contribution in [0.1, 0.15) is 11.1 Å². The molecule has 0 fully saturated rings. The molecule has 0 N–H and O–H groups in total. The van der Waals surface area contributed by atoms with Gasteiger partial charge in [0.25, 0.3) is 6.71 Å². The molecule has 240 valence electrons. The predicted octanol–water partition coefficient (Wildman–Crippen LogP) is 7.50. The molecule has 0 saturated heterocycles. The maximum atomic E-state index is 2.63. The van der Waals surface area contributed by atoms with Crippen molar-refractivity contribution in [2.75, 3.05) is 9.80 Å². The molecule has 3 aliphatic heterocycles. The largest absolute Gasteiger partial charge is 0.312 e. The molecule has 2 nitrogen and oxygen atoms in total. The SMILES string of the molecule is c1ccc(N2C3=C(B4c5cccc6c5N(c5ccccc5[Si]6(c5ccccc5)c5ccccc5)c5cccc2c54)c2cccc4cccc3c24)cc1. The van der Waals surface area contributed by atoms with Gasteiger partial charge in [0.05, 0.1) is 0 Å². The Balaban J connectivity index is 1.25. The van der Waals surface area contributed by atoms with Gasteiger partial charge in [0.1, 0.15) is 0 Å². The lowest BCUT2D eigenvalue weighted by Gasteiger charge is -2.50. The highest BCUT2D eigenvalue weighted by molar-refractivity contribution is 7.22. The number of benzene rings is 8. The van der Waals surface area contributed by atoms with Crippen LogP contribution in [0.25, 0.3) is 21.9 Å². The van der Waals surface area contributed by atoms with Crippen molar-refractivity contribution < 1.29 is 0 Å². The standard InChI is InChI=1S/C48H31BN2Si/c1-4-18-33(19-5-1)50-40-28-15-29-41-46(40)49(45-36-24-12-16-32-17-13-25-37(44(32)36)47(45)50)38-26-14-31-43-48(38)51(41)39-27-10-11-30-42(39)52(43,34-20-6-2-7-21-34)35-22-8-3-9-23-35/h1-31H. The Morgan fingerprint density at radius 3 is 1.71 bits per heavy atom. The van der Waals surface area contributed by atoms with Crippen LogP contribution in [0.15, 0.2) is 188 Å². The maximum absolute atomic E-state index is 2.77. The van der Waals surface area contributed by atoms with Crippen LogP contribution in [-0.2, 0) is 0 Å². The molecule has 8 aromatic carbocycles. The molecule has 12 rings (SSSR count). The van der Waals surface area contributed by atoms with E-state index in [1.54, 1.807) is 0 Å². The second-order valence-corrected chi connectivity index (χ2v) is 18.1. The molecule has 52 heavy (non-hydrogen) atoms. The lowest BCUT2D eigenvalue weighted by molar-refractivity contribution is 1.27. The summed E-state index contributed by atoms with van der Waals surface area (Å²) in [5.74, 6) is 0. The lowest BCUT2D eigenvalue weighted by atomic mass is 9.32. The van der Waals surface area contributed by atoms with Crippen molar-refractivity contribution >= 4 is 96.8 Å². The first-order valence-corrected chi connectivity index (χ1v) is 20.2. The van der Waals surface area contributed by atoms with Crippen LogP contribution < -0.4 is 41.5 Å². The van der Waals surface area contributed by atoms with E-state index in [4.69, 9.17) is 0 Å². The van der Waals surface area contributed by atoms with E-state index in [2.05, 4.69) is 198 Å². The van der Waals surface area contributed by atoms with E-state index >= 15 is 0 Å². The minimum Gasteiger partial charge on any atom is -0.312 e. The minimum absolute atomic E-state index is 0.0638. The van der Waals surface area contributed by atoms with Crippen molar-refractivity contribution in [2.24, 2.45) is 0 Å². The van der Waals surface area contributed by atoms with Gasteiger partial charge in [0.15, 0.2) is 8.07 Å². The summed E-state index contributed by atoms with van der Waals surface area (Å²) in [5, 5.41) is 8.37. The van der Waals surface area contributed by atoms with Gasteiger partial charge in [-0.25, -0.2) is 0 Å². The van der Waals surface area contributed by atoms with Crippen molar-refractivity contribution in [3.63, 3.8) is 0 Å². The number of rotatable bonds is 3. The first kappa shape index (κ1) is 28.4. The molecular weight excluding hydrogens is 643 g/mol. The van der Waals surface area contributed by atoms with E-state index in [9.17, 15) is 0 Å². The molecule has 0 atom stereocenters. The summed E-state index contributed by atoms with van der Waals surface area (Å²) in [7, 11) is -2.77. The summed E-state index contributed by atoms with van der Waals surface area (Å²) < 4.78 is 0. The summed E-state index contributed by atoms with van der Waals surface area (Å²) in [6.07, 6.45) is 0. The molecule has 1 aliphatic carbocycles. The Morgan fingerprint density at radius 1 is 0.423 bits per heavy atom. The molecule has 0 aromatic heterocycles. The van der Waals surface area contributed by atoms with Crippen molar-refractivity contribution in [1.82, 2.24) is 0 Å². The Bertz CT molecular complexity index is 2770. The van der Waals surface area contributed by atoms with Crippen LogP contribution >= 0.6 is 0 Å². The van der Waals surface area contributed by atoms with Crippen LogP contribution in [0.4, 0.5) is 28.4 Å². The topological polar surface area (TPSA) is 6.48 Å². The average molecular weight is 675 g/mol. The zero-order chi connectivity index (χ0) is 34.0. The highest BCUT2D eigenvalue weighted by Gasteiger charge is 2.54. The summed E-state index contributed by atoms with van der Waals surface area (Å²) in [4.78, 5) is 5.18. The quantitative estimate of drug-likeness (QED) is 0.179. The van der Waals surface area contributed by atoms with Crippen molar-refractivity contribution in [3.05, 3.63) is 199 Å². The van der Waals surface area contributed by atoms with Crippen LogP contribution in [0, 0.1) is 0 Å². The van der Waals surface area contributed by atoms with E-state index in [0.717, 1.165) is 0 Å². The zero-order valence-electron chi connectivity index (χ0n) is 28.4. The van der Waals surface area contributed by atoms with E-state index in [1.807, 2.05) is 0 Å². The van der Waals surface area contributed by atoms with Gasteiger partial charge in [-0.05, 0) is 83.8 Å². The summed E-state index contributed by atoms with van der Waals surface area (Å²) in [6.45, 7) is 0.0638. The molecule has 0 saturated carbocycles. The normalized spacial score (nSPS) is 15.3. The molecule has 0 unspecified atom stereocenters. The average Bonchev–Trinajstić information content (AvgIpc) is 3.55. The fourth-order valence-corrected chi connectivity index (χ4v) is 15.4. The molecule has 0 amide bonds. The smallest absolute Gasteiger partial charge is 0.252 e. The van der Waals surface area contributed by atoms with Gasteiger partial charge < -0.3 is 9.80 Å². The minimum atomic E-state index is -2.77. The second-order valence-electron chi connectivity index (χ2n) is 14.4. The van der Waals surface area contributed by atoms with Gasteiger partial charge in [-0.1, -0.05) is 158 Å². The van der Waals surface area contributed by atoms with Crippen molar-refractivity contribution in [1.29, 1.82) is 0 Å². The van der Waals surface area contributed by atoms with Crippen LogP contribution in [0.5, 0.6) is 0 Å². The van der Waals surface area contributed by atoms with E-state index in [-0.39, 0.29) is 6.71 Å². The Morgan fingerprint density at radius 2 is 0.981 bits per heavy atom. The van der Waals surface area contributed by atoms with Crippen LogP contribution in [0.3, 0.4) is 0 Å². The molecule has 0 bridgehead atoms. The molecule has 0 radical (unpaired) electrons. The Kier molecular flexibility index (Phi) is 5.64. The van der Waals surface area contributed by atoms with Crippen LogP contribution in [-0.4, -0.2) is 14.8 Å². The third-order valence-electron chi connectivity index (χ3n) is 12.0. The van der Waals surface area contributed by atoms with Gasteiger partial charge in [-0.3, -0.25) is 0 Å². The number of fused-ring (bicyclic) bond motifs is 7. The predicted molar refractivity (Wildman–Crippen MR) is 223 cm³/mol. The Hall–Kier alpha value is -6.36. The van der Waals surface area contributed by atoms with E-state index in [1.165, 1.54) is 93.2 Å². The second kappa shape index (κ2) is 10.3. The third kappa shape index (κ3) is 3.41. The molecule has 4 aliphatic rings. The zero-order valence-corrected chi connectivity index (χ0v) is 29.4. The number of para-hydroxylation sites is 3. The van der Waals surface area contributed by atoms with Gasteiger partial charge in [-0.2, -0.15) is 0 Å². The van der Waals surface area contributed by atoms with Gasteiger partial charge in [-0.15, -0.1) is 0 Å².